The van der Waals surface area contributed by atoms with Gasteiger partial charge in [0, 0.05) is 11.5 Å². The number of rotatable bonds is 3. The van der Waals surface area contributed by atoms with Crippen LogP contribution in [0.1, 0.15) is 35.7 Å². The van der Waals surface area contributed by atoms with Crippen LogP contribution in [0.4, 0.5) is 26.1 Å². The average Bonchev–Trinajstić information content (AvgIpc) is 3.28. The molecule has 0 aliphatic heterocycles. The van der Waals surface area contributed by atoms with Crippen LogP contribution in [-0.2, 0) is 0 Å². The molecule has 1 aromatic carbocycles. The van der Waals surface area contributed by atoms with E-state index in [1.165, 1.54) is 12.1 Å². The quantitative estimate of drug-likeness (QED) is 0.907. The highest BCUT2D eigenvalue weighted by Gasteiger charge is 2.28. The van der Waals surface area contributed by atoms with Crippen LogP contribution < -0.4 is 11.1 Å². The minimum Gasteiger partial charge on any atom is -0.383 e. The van der Waals surface area contributed by atoms with Crippen molar-refractivity contribution in [3.8, 4) is 0 Å². The smallest absolute Gasteiger partial charge is 0.152 e. The van der Waals surface area contributed by atoms with E-state index < -0.39 is 11.6 Å². The van der Waals surface area contributed by atoms with E-state index in [-0.39, 0.29) is 5.69 Å². The summed E-state index contributed by atoms with van der Waals surface area (Å²) in [5.74, 6) is 0.340. The maximum absolute atomic E-state index is 14.1. The fourth-order valence-electron chi connectivity index (χ4n) is 2.09. The molecule has 3 N–H and O–H groups in total. The number of benzene rings is 1. The van der Waals surface area contributed by atoms with Crippen LogP contribution in [0.25, 0.3) is 0 Å². The molecule has 0 amide bonds. The molecule has 0 bridgehead atoms. The molecule has 0 spiro atoms. The molecule has 0 radical (unpaired) electrons. The molecule has 0 unspecified atom stereocenters. The van der Waals surface area contributed by atoms with Gasteiger partial charge in [-0.1, -0.05) is 6.07 Å². The number of nitrogens with two attached hydrogens (primary N) is 1. The molecule has 1 aliphatic rings. The zero-order chi connectivity index (χ0) is 15.1. The number of halogens is 2. The van der Waals surface area contributed by atoms with Gasteiger partial charge in [-0.3, -0.25) is 0 Å². The predicted octanol–water partition coefficient (Wildman–Crippen LogP) is 3.57. The van der Waals surface area contributed by atoms with Crippen LogP contribution in [0.5, 0.6) is 0 Å². The highest BCUT2D eigenvalue weighted by Crippen LogP contribution is 2.39. The van der Waals surface area contributed by atoms with Gasteiger partial charge >= 0.3 is 0 Å². The van der Waals surface area contributed by atoms with Crippen molar-refractivity contribution in [1.29, 1.82) is 0 Å². The highest BCUT2D eigenvalue weighted by atomic mass is 19.1. The largest absolute Gasteiger partial charge is 0.383 e. The number of hydrogen-bond acceptors (Lipinski definition) is 4. The van der Waals surface area contributed by atoms with E-state index in [0.717, 1.165) is 12.8 Å². The van der Waals surface area contributed by atoms with Gasteiger partial charge in [0.1, 0.15) is 29.0 Å². The van der Waals surface area contributed by atoms with Crippen molar-refractivity contribution in [2.45, 2.75) is 32.6 Å². The van der Waals surface area contributed by atoms with E-state index in [1.54, 1.807) is 13.8 Å². The van der Waals surface area contributed by atoms with Crippen LogP contribution in [0, 0.1) is 25.5 Å². The molecule has 2 aromatic rings. The van der Waals surface area contributed by atoms with Crippen LogP contribution in [0.3, 0.4) is 0 Å². The van der Waals surface area contributed by atoms with Gasteiger partial charge in [-0.25, -0.2) is 18.7 Å². The minimum atomic E-state index is -0.664. The van der Waals surface area contributed by atoms with E-state index in [4.69, 9.17) is 5.73 Å². The molecular formula is C15H16F2N4. The van der Waals surface area contributed by atoms with Crippen molar-refractivity contribution in [2.75, 3.05) is 11.1 Å². The minimum absolute atomic E-state index is 0.210. The number of nitrogens with one attached hydrogen (secondary N) is 1. The van der Waals surface area contributed by atoms with E-state index in [0.29, 0.717) is 34.5 Å². The number of hydrogen-bond donors (Lipinski definition) is 2. The van der Waals surface area contributed by atoms with Crippen LogP contribution >= 0.6 is 0 Å². The highest BCUT2D eigenvalue weighted by molar-refractivity contribution is 5.65. The summed E-state index contributed by atoms with van der Waals surface area (Å²) < 4.78 is 27.9. The van der Waals surface area contributed by atoms with E-state index >= 15 is 0 Å². The fourth-order valence-corrected chi connectivity index (χ4v) is 2.09. The zero-order valence-corrected chi connectivity index (χ0v) is 11.9. The molecule has 1 aliphatic carbocycles. The standard InChI is InChI=1S/C15H16F2N4/c1-7-3-6-10(16)12(11(7)17)19-14-8(2)13(18)20-15(21-14)9-4-5-9/h3,6,9H,4-5H2,1-2H3,(H3,18,19,20,21). The summed E-state index contributed by atoms with van der Waals surface area (Å²) in [6.07, 6.45) is 2.05. The van der Waals surface area contributed by atoms with E-state index in [9.17, 15) is 8.78 Å². The summed E-state index contributed by atoms with van der Waals surface area (Å²) in [5.41, 5.74) is 6.60. The number of aryl methyl sites for hydroxylation is 1. The molecule has 1 fully saturated rings. The van der Waals surface area contributed by atoms with Gasteiger partial charge in [0.15, 0.2) is 5.82 Å². The summed E-state index contributed by atoms with van der Waals surface area (Å²) in [6.45, 7) is 3.30. The molecule has 0 atom stereocenters. The molecule has 1 heterocycles. The maximum atomic E-state index is 14.1. The molecule has 3 rings (SSSR count). The Morgan fingerprint density at radius 3 is 2.57 bits per heavy atom. The Morgan fingerprint density at radius 2 is 1.90 bits per heavy atom. The van der Waals surface area contributed by atoms with Crippen LogP contribution in [-0.4, -0.2) is 9.97 Å². The normalized spacial score (nSPS) is 14.3. The second kappa shape index (κ2) is 4.95. The Hall–Kier alpha value is -2.24. The summed E-state index contributed by atoms with van der Waals surface area (Å²) in [7, 11) is 0. The van der Waals surface area contributed by atoms with Crippen LogP contribution in [0.2, 0.25) is 0 Å². The average molecular weight is 290 g/mol. The zero-order valence-electron chi connectivity index (χ0n) is 11.9. The van der Waals surface area contributed by atoms with Crippen molar-refractivity contribution >= 4 is 17.3 Å². The second-order valence-electron chi connectivity index (χ2n) is 5.39. The molecular weight excluding hydrogens is 274 g/mol. The lowest BCUT2D eigenvalue weighted by Gasteiger charge is -2.14. The first kappa shape index (κ1) is 13.7. The Morgan fingerprint density at radius 1 is 1.19 bits per heavy atom. The summed E-state index contributed by atoms with van der Waals surface area (Å²) in [6, 6.07) is 2.62. The Kier molecular flexibility index (Phi) is 3.23. The molecule has 6 heteroatoms. The third kappa shape index (κ3) is 2.53. The summed E-state index contributed by atoms with van der Waals surface area (Å²) in [4.78, 5) is 8.61. The van der Waals surface area contributed by atoms with Gasteiger partial charge in [-0.15, -0.1) is 0 Å². The van der Waals surface area contributed by atoms with Crippen molar-refractivity contribution in [2.24, 2.45) is 0 Å². The lowest BCUT2D eigenvalue weighted by atomic mass is 10.2. The van der Waals surface area contributed by atoms with Crippen molar-refractivity contribution < 1.29 is 8.78 Å². The monoisotopic (exact) mass is 290 g/mol. The summed E-state index contributed by atoms with van der Waals surface area (Å²) in [5, 5.41) is 2.73. The van der Waals surface area contributed by atoms with Crippen molar-refractivity contribution in [3.05, 3.63) is 40.7 Å². The molecule has 4 nitrogen and oxygen atoms in total. The van der Waals surface area contributed by atoms with Gasteiger partial charge in [-0.2, -0.15) is 0 Å². The molecule has 21 heavy (non-hydrogen) atoms. The number of anilines is 3. The van der Waals surface area contributed by atoms with Gasteiger partial charge in [0.25, 0.3) is 0 Å². The lowest BCUT2D eigenvalue weighted by molar-refractivity contribution is 0.584. The second-order valence-corrected chi connectivity index (χ2v) is 5.39. The molecule has 1 aromatic heterocycles. The first-order chi connectivity index (χ1) is 9.97. The first-order valence-electron chi connectivity index (χ1n) is 6.83. The van der Waals surface area contributed by atoms with Crippen molar-refractivity contribution in [1.82, 2.24) is 9.97 Å². The molecule has 0 saturated heterocycles. The van der Waals surface area contributed by atoms with Gasteiger partial charge in [0.2, 0.25) is 0 Å². The van der Waals surface area contributed by atoms with Gasteiger partial charge < -0.3 is 11.1 Å². The fraction of sp³-hybridized carbons (Fsp3) is 0.333. The van der Waals surface area contributed by atoms with Crippen LogP contribution in [0.15, 0.2) is 12.1 Å². The molecule has 110 valence electrons. The predicted molar refractivity (Wildman–Crippen MR) is 77.5 cm³/mol. The number of aromatic nitrogens is 2. The third-order valence-electron chi connectivity index (χ3n) is 3.67. The Labute approximate surface area is 121 Å². The number of nitrogen functional groups attached to an aromatic ring is 1. The Bertz CT molecular complexity index is 711. The summed E-state index contributed by atoms with van der Waals surface area (Å²) >= 11 is 0. The van der Waals surface area contributed by atoms with E-state index in [2.05, 4.69) is 15.3 Å². The van der Waals surface area contributed by atoms with Crippen molar-refractivity contribution in [3.63, 3.8) is 0 Å². The van der Waals surface area contributed by atoms with Gasteiger partial charge in [-0.05, 0) is 38.3 Å². The molecule has 1 saturated carbocycles. The van der Waals surface area contributed by atoms with E-state index in [1.807, 2.05) is 0 Å². The Balaban J connectivity index is 2.04. The first-order valence-corrected chi connectivity index (χ1v) is 6.83. The SMILES string of the molecule is Cc1ccc(F)c(Nc2nc(C3CC3)nc(N)c2C)c1F. The maximum Gasteiger partial charge on any atom is 0.152 e. The third-order valence-corrected chi connectivity index (χ3v) is 3.67. The topological polar surface area (TPSA) is 63.8 Å². The number of nitrogens with zero attached hydrogens (tertiary/aromatic N) is 2. The lowest BCUT2D eigenvalue weighted by Crippen LogP contribution is -2.08. The van der Waals surface area contributed by atoms with Gasteiger partial charge in [0.05, 0.1) is 0 Å².